The Labute approximate surface area is 118 Å². The van der Waals surface area contributed by atoms with Crippen LogP contribution in [0.25, 0.3) is 0 Å². The van der Waals surface area contributed by atoms with Gasteiger partial charge in [-0.2, -0.15) is 5.26 Å². The Balaban J connectivity index is 2.07. The molecule has 1 fully saturated rings. The summed E-state index contributed by atoms with van der Waals surface area (Å²) in [6, 6.07) is 3.46. The normalized spacial score (nSPS) is 30.4. The van der Waals surface area contributed by atoms with Gasteiger partial charge in [0, 0.05) is 10.3 Å². The second kappa shape index (κ2) is 5.89. The average Bonchev–Trinajstić information content (AvgIpc) is 2.94. The summed E-state index contributed by atoms with van der Waals surface area (Å²) in [5.41, 5.74) is 0.408. The monoisotopic (exact) mass is 321 g/mol. The molecule has 0 radical (unpaired) electrons. The average molecular weight is 321 g/mol. The minimum atomic E-state index is -4.67. The van der Waals surface area contributed by atoms with Gasteiger partial charge in [-0.1, -0.05) is 0 Å². The van der Waals surface area contributed by atoms with E-state index in [1.807, 2.05) is 6.07 Å². The van der Waals surface area contributed by atoms with Crippen LogP contribution in [0.1, 0.15) is 16.5 Å². The minimum absolute atomic E-state index is 0.408. The van der Waals surface area contributed by atoms with Gasteiger partial charge in [0.2, 0.25) is 0 Å². The Kier molecular flexibility index (Phi) is 4.59. The molecule has 1 aliphatic heterocycles. The maximum absolute atomic E-state index is 10.6. The van der Waals surface area contributed by atoms with Crippen LogP contribution in [0, 0.1) is 11.3 Å². The van der Waals surface area contributed by atoms with Crippen LogP contribution in [0.3, 0.4) is 0 Å². The molecule has 2 rings (SSSR count). The number of aliphatic hydroxyl groups is 2. The van der Waals surface area contributed by atoms with Crippen LogP contribution in [0.15, 0.2) is 11.4 Å². The maximum Gasteiger partial charge on any atom is 0.469 e. The SMILES string of the molecule is N#Cc1csc([C@@H]2O[C@H](COP(=O)(O)O)[C@@H](O)[C@H]2O)c1. The molecule has 0 amide bonds. The fourth-order valence-electron chi connectivity index (χ4n) is 1.85. The van der Waals surface area contributed by atoms with E-state index in [0.29, 0.717) is 10.4 Å². The molecule has 1 aliphatic rings. The smallest absolute Gasteiger partial charge is 0.387 e. The van der Waals surface area contributed by atoms with Crippen molar-refractivity contribution >= 4 is 19.2 Å². The largest absolute Gasteiger partial charge is 0.469 e. The first-order valence-corrected chi connectivity index (χ1v) is 7.93. The first kappa shape index (κ1) is 15.6. The lowest BCUT2D eigenvalue weighted by atomic mass is 10.1. The molecular weight excluding hydrogens is 309 g/mol. The van der Waals surface area contributed by atoms with Crippen LogP contribution in [-0.4, -0.2) is 44.9 Å². The molecule has 0 saturated carbocycles. The van der Waals surface area contributed by atoms with Crippen molar-refractivity contribution in [1.82, 2.24) is 0 Å². The third kappa shape index (κ3) is 3.44. The van der Waals surface area contributed by atoms with Gasteiger partial charge in [0.1, 0.15) is 30.5 Å². The molecule has 4 atom stereocenters. The molecular formula is C10H12NO7PS. The van der Waals surface area contributed by atoms with E-state index in [9.17, 15) is 14.8 Å². The van der Waals surface area contributed by atoms with Gasteiger partial charge >= 0.3 is 7.82 Å². The first-order valence-electron chi connectivity index (χ1n) is 5.52. The number of rotatable bonds is 4. The Morgan fingerprint density at radius 3 is 2.70 bits per heavy atom. The summed E-state index contributed by atoms with van der Waals surface area (Å²) in [5, 5.41) is 30.0. The maximum atomic E-state index is 10.6. The van der Waals surface area contributed by atoms with Crippen LogP contribution >= 0.6 is 19.2 Å². The Morgan fingerprint density at radius 2 is 2.15 bits per heavy atom. The molecule has 1 saturated heterocycles. The number of thiophene rings is 1. The number of nitrogens with zero attached hydrogens (tertiary/aromatic N) is 1. The number of hydrogen-bond acceptors (Lipinski definition) is 7. The fourth-order valence-corrected chi connectivity index (χ4v) is 3.10. The molecule has 110 valence electrons. The number of phosphoric acid groups is 1. The standard InChI is InChI=1S/C10H12NO7PS/c11-2-5-1-7(20-4-5)10-9(13)8(12)6(18-10)3-17-19(14,15)16/h1,4,6,8-10,12-13H,3H2,(H2,14,15,16)/t6-,8-,9-,10+/m1/s1. The predicted octanol–water partition coefficient (Wildman–Crippen LogP) is -0.109. The number of nitriles is 1. The van der Waals surface area contributed by atoms with Crippen LogP contribution < -0.4 is 0 Å². The van der Waals surface area contributed by atoms with Crippen LogP contribution in [0.4, 0.5) is 0 Å². The van der Waals surface area contributed by atoms with E-state index in [1.165, 1.54) is 17.4 Å². The first-order chi connectivity index (χ1) is 9.31. The lowest BCUT2D eigenvalue weighted by Gasteiger charge is -2.14. The van der Waals surface area contributed by atoms with Gasteiger partial charge in [0.15, 0.2) is 0 Å². The fraction of sp³-hybridized carbons (Fsp3) is 0.500. The van der Waals surface area contributed by atoms with Crippen molar-refractivity contribution in [2.45, 2.75) is 24.4 Å². The summed E-state index contributed by atoms with van der Waals surface area (Å²) >= 11 is 1.19. The second-order valence-electron chi connectivity index (χ2n) is 4.21. The Hall–Kier alpha value is -0.820. The van der Waals surface area contributed by atoms with Crippen molar-refractivity contribution in [1.29, 1.82) is 5.26 Å². The van der Waals surface area contributed by atoms with Crippen LogP contribution in [0.5, 0.6) is 0 Å². The second-order valence-corrected chi connectivity index (χ2v) is 6.39. The summed E-state index contributed by atoms with van der Waals surface area (Å²) in [4.78, 5) is 17.8. The summed E-state index contributed by atoms with van der Waals surface area (Å²) in [6.45, 7) is -0.546. The van der Waals surface area contributed by atoms with Crippen molar-refractivity contribution in [2.75, 3.05) is 6.61 Å². The third-order valence-electron chi connectivity index (χ3n) is 2.80. The topological polar surface area (TPSA) is 140 Å². The Bertz CT molecular complexity index is 564. The van der Waals surface area contributed by atoms with Crippen molar-refractivity contribution in [3.05, 3.63) is 21.9 Å². The van der Waals surface area contributed by atoms with E-state index in [1.54, 1.807) is 5.38 Å². The zero-order valence-electron chi connectivity index (χ0n) is 9.99. The predicted molar refractivity (Wildman–Crippen MR) is 66.7 cm³/mol. The van der Waals surface area contributed by atoms with Gasteiger partial charge in [-0.25, -0.2) is 4.57 Å². The van der Waals surface area contributed by atoms with Gasteiger partial charge in [0.05, 0.1) is 12.2 Å². The minimum Gasteiger partial charge on any atom is -0.387 e. The van der Waals surface area contributed by atoms with Gasteiger partial charge < -0.3 is 24.7 Å². The lowest BCUT2D eigenvalue weighted by Crippen LogP contribution is -2.33. The van der Waals surface area contributed by atoms with Crippen LogP contribution in [-0.2, 0) is 13.8 Å². The molecule has 10 heteroatoms. The summed E-state index contributed by atoms with van der Waals surface area (Å²) < 4.78 is 20.2. The van der Waals surface area contributed by atoms with E-state index in [2.05, 4.69) is 4.52 Å². The molecule has 20 heavy (non-hydrogen) atoms. The highest BCUT2D eigenvalue weighted by Gasteiger charge is 2.44. The zero-order valence-corrected chi connectivity index (χ0v) is 11.7. The van der Waals surface area contributed by atoms with Crippen molar-refractivity contribution in [3.63, 3.8) is 0 Å². The molecule has 8 nitrogen and oxygen atoms in total. The molecule has 0 aromatic carbocycles. The molecule has 0 bridgehead atoms. The summed E-state index contributed by atoms with van der Waals surface area (Å²) in [5.74, 6) is 0. The van der Waals surface area contributed by atoms with Gasteiger partial charge in [0.25, 0.3) is 0 Å². The van der Waals surface area contributed by atoms with Crippen LogP contribution in [0.2, 0.25) is 0 Å². The highest BCUT2D eigenvalue weighted by molar-refractivity contribution is 7.46. The third-order valence-corrected chi connectivity index (χ3v) is 4.28. The molecule has 0 spiro atoms. The van der Waals surface area contributed by atoms with E-state index in [-0.39, 0.29) is 0 Å². The number of hydrogen-bond donors (Lipinski definition) is 4. The molecule has 0 aliphatic carbocycles. The number of ether oxygens (including phenoxy) is 1. The number of aliphatic hydroxyl groups excluding tert-OH is 2. The van der Waals surface area contributed by atoms with Gasteiger partial charge in [-0.3, -0.25) is 4.52 Å². The quantitative estimate of drug-likeness (QED) is 0.563. The summed E-state index contributed by atoms with van der Waals surface area (Å²) in [7, 11) is -4.67. The highest BCUT2D eigenvalue weighted by Crippen LogP contribution is 2.40. The zero-order chi connectivity index (χ0) is 14.9. The number of phosphoric ester groups is 1. The molecule has 4 N–H and O–H groups in total. The molecule has 1 aromatic rings. The lowest BCUT2D eigenvalue weighted by molar-refractivity contribution is -0.0213. The van der Waals surface area contributed by atoms with Crippen molar-refractivity contribution < 1.29 is 33.8 Å². The summed E-state index contributed by atoms with van der Waals surface area (Å²) in [6.07, 6.45) is -4.51. The van der Waals surface area contributed by atoms with Gasteiger partial charge in [-0.15, -0.1) is 11.3 Å². The van der Waals surface area contributed by atoms with E-state index in [4.69, 9.17) is 19.8 Å². The van der Waals surface area contributed by atoms with Crippen molar-refractivity contribution in [2.24, 2.45) is 0 Å². The van der Waals surface area contributed by atoms with E-state index >= 15 is 0 Å². The van der Waals surface area contributed by atoms with Crippen molar-refractivity contribution in [3.8, 4) is 6.07 Å². The van der Waals surface area contributed by atoms with E-state index in [0.717, 1.165) is 0 Å². The highest BCUT2D eigenvalue weighted by atomic mass is 32.1. The van der Waals surface area contributed by atoms with E-state index < -0.39 is 38.8 Å². The van der Waals surface area contributed by atoms with Gasteiger partial charge in [-0.05, 0) is 6.07 Å². The molecule has 0 unspecified atom stereocenters. The molecule has 1 aromatic heterocycles. The Morgan fingerprint density at radius 1 is 1.45 bits per heavy atom. The molecule has 2 heterocycles.